The standard InChI is InChI=1S/C11H18N2O3S/c1-4-5-8(6-16-3)13-11-12-7(2)9(17-11)10(14)15/h8H,4-6H2,1-3H3,(H,12,13)(H,14,15). The number of methoxy groups -OCH3 is 1. The summed E-state index contributed by atoms with van der Waals surface area (Å²) in [7, 11) is 1.65. The highest BCUT2D eigenvalue weighted by atomic mass is 32.1. The Kier molecular flexibility index (Phi) is 5.37. The van der Waals surface area contributed by atoms with E-state index in [4.69, 9.17) is 9.84 Å². The number of aromatic carboxylic acids is 1. The molecule has 0 aliphatic rings. The number of ether oxygens (including phenoxy) is 1. The highest BCUT2D eigenvalue weighted by Crippen LogP contribution is 2.23. The van der Waals surface area contributed by atoms with Crippen LogP contribution < -0.4 is 5.32 Å². The van der Waals surface area contributed by atoms with Gasteiger partial charge in [0.25, 0.3) is 0 Å². The largest absolute Gasteiger partial charge is 0.477 e. The van der Waals surface area contributed by atoms with Crippen molar-refractivity contribution < 1.29 is 14.6 Å². The van der Waals surface area contributed by atoms with Crippen LogP contribution in [0.4, 0.5) is 5.13 Å². The summed E-state index contributed by atoms with van der Waals surface area (Å²) in [6.07, 6.45) is 2.01. The van der Waals surface area contributed by atoms with E-state index in [1.807, 2.05) is 0 Å². The topological polar surface area (TPSA) is 71.5 Å². The third-order valence-electron chi connectivity index (χ3n) is 2.32. The monoisotopic (exact) mass is 258 g/mol. The molecule has 1 heterocycles. The van der Waals surface area contributed by atoms with Crippen LogP contribution in [0.2, 0.25) is 0 Å². The zero-order valence-corrected chi connectivity index (χ0v) is 11.1. The van der Waals surface area contributed by atoms with Crippen LogP contribution in [-0.4, -0.2) is 35.8 Å². The Labute approximate surface area is 105 Å². The molecule has 0 aromatic carbocycles. The number of aryl methyl sites for hydroxylation is 1. The highest BCUT2D eigenvalue weighted by Gasteiger charge is 2.16. The van der Waals surface area contributed by atoms with Gasteiger partial charge in [-0.2, -0.15) is 0 Å². The van der Waals surface area contributed by atoms with E-state index in [1.54, 1.807) is 14.0 Å². The van der Waals surface area contributed by atoms with Gasteiger partial charge in [-0.25, -0.2) is 9.78 Å². The smallest absolute Gasteiger partial charge is 0.347 e. The second kappa shape index (κ2) is 6.56. The normalized spacial score (nSPS) is 12.4. The fraction of sp³-hybridized carbons (Fsp3) is 0.636. The van der Waals surface area contributed by atoms with Crippen molar-refractivity contribution in [2.24, 2.45) is 0 Å². The summed E-state index contributed by atoms with van der Waals surface area (Å²) in [6, 6.07) is 0.178. The highest BCUT2D eigenvalue weighted by molar-refractivity contribution is 7.17. The number of hydrogen-bond donors (Lipinski definition) is 2. The summed E-state index contributed by atoms with van der Waals surface area (Å²) in [6.45, 7) is 4.39. The van der Waals surface area contributed by atoms with E-state index in [0.717, 1.165) is 12.8 Å². The van der Waals surface area contributed by atoms with Crippen LogP contribution in [0.1, 0.15) is 35.1 Å². The average Bonchev–Trinajstić information content (AvgIpc) is 2.60. The Morgan fingerprint density at radius 2 is 2.35 bits per heavy atom. The second-order valence-corrected chi connectivity index (χ2v) is 4.82. The van der Waals surface area contributed by atoms with Crippen molar-refractivity contribution in [1.82, 2.24) is 4.98 Å². The quantitative estimate of drug-likeness (QED) is 0.785. The Balaban J connectivity index is 2.72. The molecule has 0 amide bonds. The number of nitrogens with one attached hydrogen (secondary N) is 1. The lowest BCUT2D eigenvalue weighted by atomic mass is 10.2. The molecule has 0 aliphatic carbocycles. The fourth-order valence-corrected chi connectivity index (χ4v) is 2.46. The molecule has 0 saturated carbocycles. The maximum Gasteiger partial charge on any atom is 0.347 e. The van der Waals surface area contributed by atoms with E-state index in [2.05, 4.69) is 17.2 Å². The molecule has 0 saturated heterocycles. The molecule has 1 aromatic rings. The third-order valence-corrected chi connectivity index (χ3v) is 3.40. The van der Waals surface area contributed by atoms with Gasteiger partial charge in [-0.15, -0.1) is 0 Å². The third kappa shape index (κ3) is 3.98. The number of carboxylic acids is 1. The lowest BCUT2D eigenvalue weighted by Crippen LogP contribution is -2.24. The van der Waals surface area contributed by atoms with Crippen molar-refractivity contribution in [3.63, 3.8) is 0 Å². The molecule has 6 heteroatoms. The van der Waals surface area contributed by atoms with Crippen LogP contribution in [0.5, 0.6) is 0 Å². The van der Waals surface area contributed by atoms with Gasteiger partial charge in [0.05, 0.1) is 18.3 Å². The van der Waals surface area contributed by atoms with Crippen LogP contribution >= 0.6 is 11.3 Å². The fourth-order valence-electron chi connectivity index (χ4n) is 1.58. The molecule has 0 bridgehead atoms. The van der Waals surface area contributed by atoms with E-state index in [9.17, 15) is 4.79 Å². The van der Waals surface area contributed by atoms with Gasteiger partial charge in [0, 0.05) is 7.11 Å². The minimum atomic E-state index is -0.924. The molecular weight excluding hydrogens is 240 g/mol. The number of carbonyl (C=O) groups is 1. The van der Waals surface area contributed by atoms with Crippen molar-refractivity contribution >= 4 is 22.4 Å². The van der Waals surface area contributed by atoms with Crippen LogP contribution in [0.3, 0.4) is 0 Å². The number of aromatic nitrogens is 1. The Hall–Kier alpha value is -1.14. The summed E-state index contributed by atoms with van der Waals surface area (Å²) in [5, 5.41) is 12.8. The lowest BCUT2D eigenvalue weighted by Gasteiger charge is -2.15. The molecule has 1 rings (SSSR count). The first kappa shape index (κ1) is 13.9. The first-order chi connectivity index (χ1) is 8.08. The molecule has 0 aliphatic heterocycles. The van der Waals surface area contributed by atoms with Crippen molar-refractivity contribution in [3.05, 3.63) is 10.6 Å². The second-order valence-electron chi connectivity index (χ2n) is 3.82. The van der Waals surface area contributed by atoms with Crippen LogP contribution in [0.15, 0.2) is 0 Å². The molecular formula is C11H18N2O3S. The first-order valence-corrected chi connectivity index (χ1v) is 6.36. The molecule has 2 N–H and O–H groups in total. The number of nitrogens with zero attached hydrogens (tertiary/aromatic N) is 1. The molecule has 0 radical (unpaired) electrons. The van der Waals surface area contributed by atoms with E-state index in [-0.39, 0.29) is 6.04 Å². The maximum atomic E-state index is 10.9. The molecule has 17 heavy (non-hydrogen) atoms. The number of thiazole rings is 1. The number of anilines is 1. The van der Waals surface area contributed by atoms with Gasteiger partial charge in [-0.1, -0.05) is 24.7 Å². The molecule has 0 fully saturated rings. The van der Waals surface area contributed by atoms with E-state index in [0.29, 0.717) is 22.3 Å². The Morgan fingerprint density at radius 3 is 2.82 bits per heavy atom. The van der Waals surface area contributed by atoms with Crippen molar-refractivity contribution in [2.75, 3.05) is 19.0 Å². The summed E-state index contributed by atoms with van der Waals surface area (Å²) in [5.41, 5.74) is 0.553. The minimum absolute atomic E-state index is 0.178. The van der Waals surface area contributed by atoms with Gasteiger partial charge in [-0.3, -0.25) is 0 Å². The zero-order valence-electron chi connectivity index (χ0n) is 10.3. The first-order valence-electron chi connectivity index (χ1n) is 5.54. The van der Waals surface area contributed by atoms with Gasteiger partial charge in [0.1, 0.15) is 4.88 Å². The van der Waals surface area contributed by atoms with Crippen molar-refractivity contribution in [2.45, 2.75) is 32.7 Å². The van der Waals surface area contributed by atoms with Gasteiger partial charge >= 0.3 is 5.97 Å². The van der Waals surface area contributed by atoms with E-state index < -0.39 is 5.97 Å². The number of carboxylic acid groups (broad SMARTS) is 1. The molecule has 1 atom stereocenters. The van der Waals surface area contributed by atoms with Gasteiger partial charge in [-0.05, 0) is 13.3 Å². The number of hydrogen-bond acceptors (Lipinski definition) is 5. The maximum absolute atomic E-state index is 10.9. The predicted molar refractivity (Wildman–Crippen MR) is 68.0 cm³/mol. The molecule has 0 spiro atoms. The predicted octanol–water partition coefficient (Wildman–Crippen LogP) is 2.38. The summed E-state index contributed by atoms with van der Waals surface area (Å²) < 4.78 is 5.11. The molecule has 5 nitrogen and oxygen atoms in total. The summed E-state index contributed by atoms with van der Waals surface area (Å²) in [4.78, 5) is 15.4. The summed E-state index contributed by atoms with van der Waals surface area (Å²) in [5.74, 6) is -0.924. The van der Waals surface area contributed by atoms with Crippen molar-refractivity contribution in [1.29, 1.82) is 0 Å². The lowest BCUT2D eigenvalue weighted by molar-refractivity contribution is 0.0701. The summed E-state index contributed by atoms with van der Waals surface area (Å²) >= 11 is 1.17. The van der Waals surface area contributed by atoms with Crippen LogP contribution in [0, 0.1) is 6.92 Å². The van der Waals surface area contributed by atoms with Crippen molar-refractivity contribution in [3.8, 4) is 0 Å². The molecule has 1 unspecified atom stereocenters. The van der Waals surface area contributed by atoms with Crippen LogP contribution in [0.25, 0.3) is 0 Å². The van der Waals surface area contributed by atoms with E-state index in [1.165, 1.54) is 11.3 Å². The molecule has 1 aromatic heterocycles. The minimum Gasteiger partial charge on any atom is -0.477 e. The zero-order chi connectivity index (χ0) is 12.8. The van der Waals surface area contributed by atoms with Gasteiger partial charge < -0.3 is 15.2 Å². The molecule has 96 valence electrons. The van der Waals surface area contributed by atoms with Crippen LogP contribution in [-0.2, 0) is 4.74 Å². The average molecular weight is 258 g/mol. The Bertz CT molecular complexity index is 373. The van der Waals surface area contributed by atoms with Gasteiger partial charge in [0.15, 0.2) is 5.13 Å². The SMILES string of the molecule is CCCC(COC)Nc1nc(C)c(C(=O)O)s1. The number of rotatable bonds is 7. The van der Waals surface area contributed by atoms with Gasteiger partial charge in [0.2, 0.25) is 0 Å². The van der Waals surface area contributed by atoms with E-state index >= 15 is 0 Å². The Morgan fingerprint density at radius 1 is 1.65 bits per heavy atom.